The van der Waals surface area contributed by atoms with Crippen LogP contribution in [0.3, 0.4) is 0 Å². The molecule has 17 heteroatoms. The summed E-state index contributed by atoms with van der Waals surface area (Å²) in [5, 5.41) is 24.5. The molecule has 4 amide bonds. The molecule has 10 atom stereocenters. The van der Waals surface area contributed by atoms with Crippen LogP contribution in [0.25, 0.3) is 0 Å². The molecular weight excluding hydrogens is 1200 g/mol. The van der Waals surface area contributed by atoms with Gasteiger partial charge in [-0.25, -0.2) is 0 Å². The van der Waals surface area contributed by atoms with Crippen LogP contribution in [0.15, 0.2) is 121 Å². The number of Topliss-reactive ketones (excluding diaryl/α,β-unsaturated/α-hetero) is 5. The minimum Gasteiger partial charge on any atom is -0.382 e. The summed E-state index contributed by atoms with van der Waals surface area (Å²) in [6.07, 6.45) is 2.45. The van der Waals surface area contributed by atoms with Gasteiger partial charge in [-0.2, -0.15) is 0 Å². The topological polar surface area (TPSA) is 247 Å². The third-order valence-corrected chi connectivity index (χ3v) is 18.4. The molecule has 0 radical (unpaired) electrons. The number of carbonyl (C=O) groups is 9. The first-order valence-corrected chi connectivity index (χ1v) is 34.9. The van der Waals surface area contributed by atoms with E-state index in [0.717, 1.165) is 22.3 Å². The Hall–Kier alpha value is -7.05. The second-order valence-corrected chi connectivity index (χ2v) is 29.0. The summed E-state index contributed by atoms with van der Waals surface area (Å²) >= 11 is 0. The molecule has 2 aliphatic rings. The normalized spacial score (nSPS) is 18.1. The molecule has 2 heterocycles. The summed E-state index contributed by atoms with van der Waals surface area (Å²) in [5.74, 6) is -7.09. The number of rotatable bonds is 43. The van der Waals surface area contributed by atoms with Crippen LogP contribution in [-0.2, 0) is 78.3 Å². The predicted octanol–water partition coefficient (Wildman–Crippen LogP) is 9.99. The molecule has 4 aromatic rings. The minimum atomic E-state index is -2.07. The molecule has 0 spiro atoms. The van der Waals surface area contributed by atoms with Gasteiger partial charge in [0, 0.05) is 56.0 Å². The van der Waals surface area contributed by atoms with Gasteiger partial charge in [-0.3, -0.25) is 48.1 Å². The predicted molar refractivity (Wildman–Crippen MR) is 370 cm³/mol. The van der Waals surface area contributed by atoms with Gasteiger partial charge in [-0.1, -0.05) is 177 Å². The Bertz CT molecular complexity index is 3090. The number of nitrogens with one attached hydrogen (secondary N) is 4. The van der Waals surface area contributed by atoms with Gasteiger partial charge in [0.2, 0.25) is 23.6 Å². The zero-order valence-electron chi connectivity index (χ0n) is 58.2. The summed E-state index contributed by atoms with van der Waals surface area (Å²) in [6.45, 7) is 21.4. The van der Waals surface area contributed by atoms with Crippen molar-refractivity contribution in [1.29, 1.82) is 0 Å². The summed E-state index contributed by atoms with van der Waals surface area (Å²) < 4.78 is 11.0. The Kier molecular flexibility index (Phi) is 30.8. The van der Waals surface area contributed by atoms with Crippen molar-refractivity contribution in [2.75, 3.05) is 39.5 Å². The van der Waals surface area contributed by atoms with Gasteiger partial charge in [0.25, 0.3) is 0 Å². The molecule has 6 rings (SSSR count). The zero-order valence-corrected chi connectivity index (χ0v) is 58.2. The molecule has 5 N–H and O–H groups in total. The summed E-state index contributed by atoms with van der Waals surface area (Å²) in [7, 11) is 0. The van der Waals surface area contributed by atoms with Crippen LogP contribution in [0.4, 0.5) is 0 Å². The van der Waals surface area contributed by atoms with Crippen molar-refractivity contribution < 1.29 is 57.7 Å². The summed E-state index contributed by atoms with van der Waals surface area (Å²) in [5.41, 5.74) is 0.534. The highest BCUT2D eigenvalue weighted by molar-refractivity contribution is 5.99. The lowest BCUT2D eigenvalue weighted by molar-refractivity contribution is -0.143. The Balaban J connectivity index is 1.20. The van der Waals surface area contributed by atoms with E-state index in [0.29, 0.717) is 58.4 Å². The van der Waals surface area contributed by atoms with Crippen LogP contribution < -0.4 is 21.3 Å². The molecule has 0 saturated carbocycles. The molecular formula is C78H109N5O12. The molecule has 95 heavy (non-hydrogen) atoms. The maximum atomic E-state index is 15.0. The smallest absolute Gasteiger partial charge is 0.224 e. The van der Waals surface area contributed by atoms with E-state index in [4.69, 9.17) is 9.47 Å². The Labute approximate surface area is 565 Å². The van der Waals surface area contributed by atoms with Crippen molar-refractivity contribution in [3.8, 4) is 0 Å². The fourth-order valence-corrected chi connectivity index (χ4v) is 12.8. The first kappa shape index (κ1) is 77.0. The molecule has 0 bridgehead atoms. The quantitative estimate of drug-likeness (QED) is 0.0259. The number of hydrogen-bond acceptors (Lipinski definition) is 13. The molecule has 2 saturated heterocycles. The third-order valence-electron chi connectivity index (χ3n) is 18.4. The third kappa shape index (κ3) is 26.5. The number of morpholine rings is 1. The summed E-state index contributed by atoms with van der Waals surface area (Å²) in [6, 6.07) is 34.0. The van der Waals surface area contributed by atoms with Gasteiger partial charge in [-0.05, 0) is 137 Å². The number of amides is 4. The fourth-order valence-electron chi connectivity index (χ4n) is 12.8. The van der Waals surface area contributed by atoms with Crippen LogP contribution in [0.5, 0.6) is 0 Å². The van der Waals surface area contributed by atoms with Crippen molar-refractivity contribution in [1.82, 2.24) is 26.2 Å². The number of ether oxygens (including phenoxy) is 2. The van der Waals surface area contributed by atoms with Crippen molar-refractivity contribution in [3.05, 3.63) is 144 Å². The number of aliphatic hydroxyl groups is 1. The van der Waals surface area contributed by atoms with Gasteiger partial charge < -0.3 is 35.8 Å². The van der Waals surface area contributed by atoms with E-state index in [2.05, 4.69) is 21.3 Å². The van der Waals surface area contributed by atoms with Gasteiger partial charge >= 0.3 is 0 Å². The number of hydrogen-bond donors (Lipinski definition) is 5. The number of epoxide rings is 1. The van der Waals surface area contributed by atoms with Crippen LogP contribution in [0.1, 0.15) is 162 Å². The molecule has 17 nitrogen and oxygen atoms in total. The SMILES string of the molecule is CC(C)C[C@H](NC(=O)[C@H](CCc1ccccc1)CC[C@@](C)(O)C(=O)[C@H](CC(C)C)NC(=O)[C@@H](CC(=O)[C@H](CC(C)C)NC(=O)[C@H](CCc1ccccc1)CC(=O)CN1CCOCC1)Cc1ccccc1)C(=O)C[C@@H](Cc1ccccc1)C(=O)N[C@@H](CC(C)C)C(=O)[C@@]1(C)CO1. The Morgan fingerprint density at radius 1 is 0.484 bits per heavy atom. The van der Waals surface area contributed by atoms with Crippen molar-refractivity contribution in [3.63, 3.8) is 0 Å². The van der Waals surface area contributed by atoms with E-state index in [-0.39, 0.29) is 124 Å². The highest BCUT2D eigenvalue weighted by Crippen LogP contribution is 2.31. The second-order valence-electron chi connectivity index (χ2n) is 29.0. The largest absolute Gasteiger partial charge is 0.382 e. The first-order valence-electron chi connectivity index (χ1n) is 34.9. The summed E-state index contributed by atoms with van der Waals surface area (Å²) in [4.78, 5) is 133. The van der Waals surface area contributed by atoms with Crippen LogP contribution in [0.2, 0.25) is 0 Å². The van der Waals surface area contributed by atoms with E-state index in [1.54, 1.807) is 6.92 Å². The number of ketones is 5. The molecule has 0 aliphatic carbocycles. The molecule has 0 aromatic heterocycles. The van der Waals surface area contributed by atoms with E-state index in [9.17, 15) is 43.5 Å². The number of benzene rings is 4. The van der Waals surface area contributed by atoms with E-state index in [1.165, 1.54) is 6.92 Å². The van der Waals surface area contributed by atoms with Gasteiger partial charge in [0.05, 0.1) is 50.5 Å². The lowest BCUT2D eigenvalue weighted by atomic mass is 9.82. The molecule has 2 fully saturated rings. The second kappa shape index (κ2) is 38.0. The molecule has 2 aliphatic heterocycles. The van der Waals surface area contributed by atoms with Gasteiger partial charge in [-0.15, -0.1) is 0 Å². The van der Waals surface area contributed by atoms with Crippen molar-refractivity contribution in [2.24, 2.45) is 47.3 Å². The highest BCUT2D eigenvalue weighted by Gasteiger charge is 2.50. The van der Waals surface area contributed by atoms with Gasteiger partial charge in [0.1, 0.15) is 17.0 Å². The fraction of sp³-hybridized carbons (Fsp3) is 0.577. The van der Waals surface area contributed by atoms with E-state index >= 15 is 4.79 Å². The minimum absolute atomic E-state index is 0.00489. The maximum absolute atomic E-state index is 15.0. The highest BCUT2D eigenvalue weighted by atomic mass is 16.6. The zero-order chi connectivity index (χ0) is 69.2. The molecule has 0 unspecified atom stereocenters. The lowest BCUT2D eigenvalue weighted by Crippen LogP contribution is -2.53. The molecule has 518 valence electrons. The number of nitrogens with zero attached hydrogens (tertiary/aromatic N) is 1. The Morgan fingerprint density at radius 3 is 1.26 bits per heavy atom. The average molecular weight is 1310 g/mol. The Morgan fingerprint density at radius 2 is 0.842 bits per heavy atom. The van der Waals surface area contributed by atoms with Crippen LogP contribution >= 0.6 is 0 Å². The van der Waals surface area contributed by atoms with Crippen LogP contribution in [0, 0.1) is 47.3 Å². The lowest BCUT2D eigenvalue weighted by Gasteiger charge is -2.31. The van der Waals surface area contributed by atoms with E-state index in [1.807, 2.05) is 182 Å². The first-order chi connectivity index (χ1) is 45.2. The molecule has 4 aromatic carbocycles. The number of aryl methyl sites for hydroxylation is 2. The standard InChI is InChI=1S/C78H109N5O12/c1-52(2)41-65(69(85)49-63(46-59-29-21-14-22-30-59)76(92)82-68(44-55(7)8)72(88)78(10)51-95-78)79-73(89)60(33-31-56-23-15-11-16-24-56)35-36-77(9,93)71(87)67(43-54(5)6)81-75(91)62(45-58-27-19-13-20-28-58)48-70(86)66(42-53(3)4)80-74(90)61(34-32-57-25-17-12-18-26-57)47-64(84)50-83-37-39-94-40-38-83/h11-30,52-55,60-63,65-68,93H,31-51H2,1-10H3,(H,79,89)(H,80,90)(H,81,91)(H,82,92)/t60-,61-,62-,63-,65+,66+,67+,68+,77-,78-/m1/s1. The van der Waals surface area contributed by atoms with Crippen molar-refractivity contribution in [2.45, 2.75) is 201 Å². The number of carbonyl (C=O) groups excluding carboxylic acids is 9. The average Bonchev–Trinajstić information content (AvgIpc) is 1.68. The van der Waals surface area contributed by atoms with E-state index < -0.39 is 88.5 Å². The van der Waals surface area contributed by atoms with Gasteiger partial charge in [0.15, 0.2) is 23.1 Å². The monoisotopic (exact) mass is 1310 g/mol. The van der Waals surface area contributed by atoms with Crippen LogP contribution in [-0.4, -0.2) is 137 Å². The van der Waals surface area contributed by atoms with Crippen molar-refractivity contribution >= 4 is 52.5 Å². The maximum Gasteiger partial charge on any atom is 0.224 e.